The van der Waals surface area contributed by atoms with Crippen molar-refractivity contribution < 1.29 is 4.52 Å². The van der Waals surface area contributed by atoms with Crippen LogP contribution in [0.15, 0.2) is 10.6 Å². The summed E-state index contributed by atoms with van der Waals surface area (Å²) < 4.78 is 5.15. The van der Waals surface area contributed by atoms with E-state index in [1.807, 2.05) is 13.0 Å². The second kappa shape index (κ2) is 3.94. The van der Waals surface area contributed by atoms with Crippen molar-refractivity contribution in [3.8, 4) is 0 Å². The molecule has 0 spiro atoms. The molecule has 0 radical (unpaired) electrons. The van der Waals surface area contributed by atoms with Crippen molar-refractivity contribution in [2.75, 3.05) is 6.54 Å². The SMILES string of the molecule is Cc1cc(CNC(C)(CN)C2CC2)on1. The van der Waals surface area contributed by atoms with Crippen LogP contribution in [0.5, 0.6) is 0 Å². The highest BCUT2D eigenvalue weighted by atomic mass is 16.5. The van der Waals surface area contributed by atoms with Gasteiger partial charge in [-0.05, 0) is 32.6 Å². The van der Waals surface area contributed by atoms with Gasteiger partial charge in [0.05, 0.1) is 12.2 Å². The minimum absolute atomic E-state index is 0.0562. The zero-order valence-electron chi connectivity index (χ0n) is 9.42. The third kappa shape index (κ3) is 2.38. The van der Waals surface area contributed by atoms with Gasteiger partial charge in [0.25, 0.3) is 0 Å². The van der Waals surface area contributed by atoms with Gasteiger partial charge in [-0.1, -0.05) is 5.16 Å². The molecule has 15 heavy (non-hydrogen) atoms. The Bertz CT molecular complexity index is 332. The Morgan fingerprint density at radius 1 is 1.67 bits per heavy atom. The fourth-order valence-corrected chi connectivity index (χ4v) is 1.89. The monoisotopic (exact) mass is 209 g/mol. The summed E-state index contributed by atoms with van der Waals surface area (Å²) in [6.45, 7) is 5.50. The van der Waals surface area contributed by atoms with Gasteiger partial charge < -0.3 is 15.6 Å². The number of nitrogens with one attached hydrogen (secondary N) is 1. The Kier molecular flexibility index (Phi) is 2.80. The predicted octanol–water partition coefficient (Wildman–Crippen LogP) is 1.20. The van der Waals surface area contributed by atoms with Gasteiger partial charge in [0.1, 0.15) is 0 Å². The minimum atomic E-state index is 0.0562. The van der Waals surface area contributed by atoms with E-state index >= 15 is 0 Å². The third-order valence-electron chi connectivity index (χ3n) is 3.25. The first-order chi connectivity index (χ1) is 7.14. The van der Waals surface area contributed by atoms with E-state index in [9.17, 15) is 0 Å². The molecule has 0 aromatic carbocycles. The highest BCUT2D eigenvalue weighted by molar-refractivity contribution is 5.05. The van der Waals surface area contributed by atoms with Gasteiger partial charge in [0.15, 0.2) is 5.76 Å². The number of aryl methyl sites for hydroxylation is 1. The molecule has 4 heteroatoms. The molecule has 3 N–H and O–H groups in total. The highest BCUT2D eigenvalue weighted by Gasteiger charge is 2.40. The highest BCUT2D eigenvalue weighted by Crippen LogP contribution is 2.39. The van der Waals surface area contributed by atoms with Crippen molar-refractivity contribution in [3.05, 3.63) is 17.5 Å². The predicted molar refractivity (Wildman–Crippen MR) is 58.3 cm³/mol. The first-order valence-electron chi connectivity index (χ1n) is 5.51. The molecule has 1 saturated carbocycles. The molecule has 1 aliphatic rings. The largest absolute Gasteiger partial charge is 0.360 e. The molecule has 1 aliphatic carbocycles. The van der Waals surface area contributed by atoms with Crippen LogP contribution in [-0.2, 0) is 6.54 Å². The normalized spacial score (nSPS) is 20.2. The van der Waals surface area contributed by atoms with E-state index in [0.717, 1.165) is 17.4 Å². The lowest BCUT2D eigenvalue weighted by Gasteiger charge is -2.29. The zero-order valence-corrected chi connectivity index (χ0v) is 9.42. The molecule has 1 heterocycles. The van der Waals surface area contributed by atoms with Gasteiger partial charge in [-0.15, -0.1) is 0 Å². The van der Waals surface area contributed by atoms with E-state index in [2.05, 4.69) is 17.4 Å². The summed E-state index contributed by atoms with van der Waals surface area (Å²) >= 11 is 0. The van der Waals surface area contributed by atoms with Crippen molar-refractivity contribution in [1.29, 1.82) is 0 Å². The number of aromatic nitrogens is 1. The molecule has 0 bridgehead atoms. The van der Waals surface area contributed by atoms with Crippen LogP contribution in [0.3, 0.4) is 0 Å². The number of nitrogens with zero attached hydrogens (tertiary/aromatic N) is 1. The summed E-state index contributed by atoms with van der Waals surface area (Å²) in [6.07, 6.45) is 2.58. The van der Waals surface area contributed by atoms with Gasteiger partial charge in [-0.3, -0.25) is 0 Å². The third-order valence-corrected chi connectivity index (χ3v) is 3.25. The number of nitrogens with two attached hydrogens (primary N) is 1. The van der Waals surface area contributed by atoms with Crippen molar-refractivity contribution in [3.63, 3.8) is 0 Å². The molecule has 1 fully saturated rings. The van der Waals surface area contributed by atoms with Gasteiger partial charge in [-0.25, -0.2) is 0 Å². The molecule has 4 nitrogen and oxygen atoms in total. The lowest BCUT2D eigenvalue weighted by Crippen LogP contribution is -2.50. The van der Waals surface area contributed by atoms with Crippen LogP contribution in [0.4, 0.5) is 0 Å². The van der Waals surface area contributed by atoms with Crippen molar-refractivity contribution in [2.24, 2.45) is 11.7 Å². The summed E-state index contributed by atoms with van der Waals surface area (Å²) in [5, 5.41) is 7.34. The minimum Gasteiger partial charge on any atom is -0.360 e. The number of hydrogen-bond donors (Lipinski definition) is 2. The standard InChI is InChI=1S/C11H19N3O/c1-8-5-10(15-14-8)6-13-11(2,7-12)9-3-4-9/h5,9,13H,3-4,6-7,12H2,1-2H3. The lowest BCUT2D eigenvalue weighted by atomic mass is 9.96. The Morgan fingerprint density at radius 2 is 2.40 bits per heavy atom. The molecular weight excluding hydrogens is 190 g/mol. The topological polar surface area (TPSA) is 64.1 Å². The summed E-state index contributed by atoms with van der Waals surface area (Å²) in [7, 11) is 0. The van der Waals surface area contributed by atoms with E-state index in [1.165, 1.54) is 12.8 Å². The second-order valence-electron chi connectivity index (χ2n) is 4.68. The molecule has 1 unspecified atom stereocenters. The molecule has 0 saturated heterocycles. The Labute approximate surface area is 90.2 Å². The van der Waals surface area contributed by atoms with Crippen LogP contribution in [0, 0.1) is 12.8 Å². The summed E-state index contributed by atoms with van der Waals surface area (Å²) in [4.78, 5) is 0. The first-order valence-corrected chi connectivity index (χ1v) is 5.51. The van der Waals surface area contributed by atoms with Gasteiger partial charge in [0.2, 0.25) is 0 Å². The molecule has 0 amide bonds. The molecular formula is C11H19N3O. The molecule has 1 aromatic heterocycles. The van der Waals surface area contributed by atoms with Crippen molar-refractivity contribution >= 4 is 0 Å². The van der Waals surface area contributed by atoms with Gasteiger partial charge in [0, 0.05) is 18.2 Å². The van der Waals surface area contributed by atoms with Gasteiger partial charge in [-0.2, -0.15) is 0 Å². The van der Waals surface area contributed by atoms with E-state index in [4.69, 9.17) is 10.3 Å². The summed E-state index contributed by atoms with van der Waals surface area (Å²) in [5.74, 6) is 1.61. The van der Waals surface area contributed by atoms with Crippen LogP contribution >= 0.6 is 0 Å². The van der Waals surface area contributed by atoms with Crippen LogP contribution in [0.25, 0.3) is 0 Å². The van der Waals surface area contributed by atoms with Crippen LogP contribution in [0.1, 0.15) is 31.2 Å². The Balaban J connectivity index is 1.91. The first kappa shape index (κ1) is 10.6. The van der Waals surface area contributed by atoms with Crippen LogP contribution < -0.4 is 11.1 Å². The maximum Gasteiger partial charge on any atom is 0.150 e. The Morgan fingerprint density at radius 3 is 2.87 bits per heavy atom. The second-order valence-corrected chi connectivity index (χ2v) is 4.68. The fourth-order valence-electron chi connectivity index (χ4n) is 1.89. The number of hydrogen-bond acceptors (Lipinski definition) is 4. The maximum absolute atomic E-state index is 5.81. The Hall–Kier alpha value is -0.870. The fraction of sp³-hybridized carbons (Fsp3) is 0.727. The van der Waals surface area contributed by atoms with E-state index in [0.29, 0.717) is 13.1 Å². The molecule has 0 aliphatic heterocycles. The van der Waals surface area contributed by atoms with E-state index < -0.39 is 0 Å². The van der Waals surface area contributed by atoms with Crippen molar-refractivity contribution in [1.82, 2.24) is 10.5 Å². The van der Waals surface area contributed by atoms with E-state index in [1.54, 1.807) is 0 Å². The zero-order chi connectivity index (χ0) is 10.9. The molecule has 84 valence electrons. The van der Waals surface area contributed by atoms with Crippen LogP contribution in [0.2, 0.25) is 0 Å². The molecule has 1 aromatic rings. The smallest absolute Gasteiger partial charge is 0.150 e. The lowest BCUT2D eigenvalue weighted by molar-refractivity contribution is 0.289. The molecule has 1 atom stereocenters. The average molecular weight is 209 g/mol. The van der Waals surface area contributed by atoms with E-state index in [-0.39, 0.29) is 5.54 Å². The quantitative estimate of drug-likeness (QED) is 0.765. The summed E-state index contributed by atoms with van der Waals surface area (Å²) in [6, 6.07) is 1.96. The summed E-state index contributed by atoms with van der Waals surface area (Å²) in [5.41, 5.74) is 6.79. The van der Waals surface area contributed by atoms with Crippen LogP contribution in [-0.4, -0.2) is 17.2 Å². The average Bonchev–Trinajstić information content (AvgIpc) is 3.00. The number of rotatable bonds is 5. The van der Waals surface area contributed by atoms with Gasteiger partial charge >= 0.3 is 0 Å². The van der Waals surface area contributed by atoms with Crippen molar-refractivity contribution in [2.45, 2.75) is 38.8 Å². The maximum atomic E-state index is 5.81. The molecule has 2 rings (SSSR count).